The summed E-state index contributed by atoms with van der Waals surface area (Å²) in [6, 6.07) is 4.61. The molecule has 1 saturated heterocycles. The van der Waals surface area contributed by atoms with Crippen molar-refractivity contribution in [1.29, 1.82) is 0 Å². The van der Waals surface area contributed by atoms with Gasteiger partial charge in [0.05, 0.1) is 17.9 Å². The van der Waals surface area contributed by atoms with Crippen LogP contribution in [0.15, 0.2) is 30.5 Å². The van der Waals surface area contributed by atoms with Crippen LogP contribution in [0.1, 0.15) is 10.5 Å². The molecule has 2 aliphatic rings. The van der Waals surface area contributed by atoms with Crippen molar-refractivity contribution >= 4 is 11.6 Å². The lowest BCUT2D eigenvalue weighted by Crippen LogP contribution is -2.60. The summed E-state index contributed by atoms with van der Waals surface area (Å²) in [5.41, 5.74) is 1.53. The van der Waals surface area contributed by atoms with Crippen molar-refractivity contribution in [3.63, 3.8) is 0 Å². The van der Waals surface area contributed by atoms with Crippen molar-refractivity contribution < 1.29 is 4.79 Å². The van der Waals surface area contributed by atoms with Gasteiger partial charge in [0.2, 0.25) is 0 Å². The fourth-order valence-electron chi connectivity index (χ4n) is 2.43. The van der Waals surface area contributed by atoms with Crippen LogP contribution in [0.25, 0.3) is 0 Å². The number of fused-ring (bicyclic) bond motifs is 1. The molecule has 2 heterocycles. The number of nitrogens with zero attached hydrogens (tertiary/aromatic N) is 2. The van der Waals surface area contributed by atoms with Crippen molar-refractivity contribution in [3.8, 4) is 0 Å². The molecule has 1 aromatic heterocycles. The van der Waals surface area contributed by atoms with Gasteiger partial charge in [-0.3, -0.25) is 4.79 Å². The number of amides is 1. The number of nitrogens with one attached hydrogen (secondary N) is 2. The molecule has 0 bridgehead atoms. The number of pyridine rings is 1. The van der Waals surface area contributed by atoms with E-state index in [0.29, 0.717) is 17.8 Å². The minimum Gasteiger partial charge on any atom is -0.361 e. The van der Waals surface area contributed by atoms with E-state index in [4.69, 9.17) is 0 Å². The number of anilines is 1. The summed E-state index contributed by atoms with van der Waals surface area (Å²) in [7, 11) is 1.61. The minimum absolute atomic E-state index is 0.150. The number of aromatic nitrogens is 1. The first kappa shape index (κ1) is 11.2. The summed E-state index contributed by atoms with van der Waals surface area (Å²) >= 11 is 0. The van der Waals surface area contributed by atoms with Crippen LogP contribution < -0.4 is 15.5 Å². The maximum Gasteiger partial charge on any atom is 0.269 e. The zero-order valence-corrected chi connectivity index (χ0v) is 10.3. The summed E-state index contributed by atoms with van der Waals surface area (Å²) in [6.45, 7) is 1.94. The molecular formula is C13H16N4O. The molecule has 0 aromatic carbocycles. The van der Waals surface area contributed by atoms with Crippen molar-refractivity contribution in [2.75, 3.05) is 25.0 Å². The molecule has 0 saturated carbocycles. The molecule has 0 spiro atoms. The topological polar surface area (TPSA) is 57.3 Å². The van der Waals surface area contributed by atoms with Gasteiger partial charge < -0.3 is 15.5 Å². The SMILES string of the molecule is CNC(=O)c1ccc(N2CCN[C@@H]3C=C[C@@H]32)cn1. The molecular weight excluding hydrogens is 228 g/mol. The molecule has 0 radical (unpaired) electrons. The van der Waals surface area contributed by atoms with E-state index >= 15 is 0 Å². The van der Waals surface area contributed by atoms with Gasteiger partial charge in [-0.1, -0.05) is 12.2 Å². The maximum atomic E-state index is 11.4. The Morgan fingerprint density at radius 2 is 2.39 bits per heavy atom. The summed E-state index contributed by atoms with van der Waals surface area (Å²) in [5.74, 6) is -0.150. The average Bonchev–Trinajstić information content (AvgIpc) is 2.39. The van der Waals surface area contributed by atoms with E-state index in [1.165, 1.54) is 0 Å². The van der Waals surface area contributed by atoms with Crippen LogP contribution in [-0.2, 0) is 0 Å². The molecule has 2 N–H and O–H groups in total. The zero-order valence-electron chi connectivity index (χ0n) is 10.3. The fourth-order valence-corrected chi connectivity index (χ4v) is 2.43. The molecule has 1 aliphatic heterocycles. The first-order chi connectivity index (χ1) is 8.79. The molecule has 1 amide bonds. The van der Waals surface area contributed by atoms with Crippen LogP contribution in [0.2, 0.25) is 0 Å². The third kappa shape index (κ3) is 1.76. The van der Waals surface area contributed by atoms with Gasteiger partial charge in [0.25, 0.3) is 5.91 Å². The van der Waals surface area contributed by atoms with E-state index in [1.54, 1.807) is 19.3 Å². The van der Waals surface area contributed by atoms with Crippen LogP contribution in [0.5, 0.6) is 0 Å². The molecule has 18 heavy (non-hydrogen) atoms. The van der Waals surface area contributed by atoms with Crippen LogP contribution >= 0.6 is 0 Å². The molecule has 1 aromatic rings. The van der Waals surface area contributed by atoms with Gasteiger partial charge in [0, 0.05) is 26.2 Å². The summed E-state index contributed by atoms with van der Waals surface area (Å²) in [4.78, 5) is 18.0. The van der Waals surface area contributed by atoms with Gasteiger partial charge in [-0.15, -0.1) is 0 Å². The number of carbonyl (C=O) groups excluding carboxylic acids is 1. The van der Waals surface area contributed by atoms with Crippen LogP contribution in [0.4, 0.5) is 5.69 Å². The smallest absolute Gasteiger partial charge is 0.269 e. The van der Waals surface area contributed by atoms with E-state index < -0.39 is 0 Å². The Bertz CT molecular complexity index is 482. The first-order valence-electron chi connectivity index (χ1n) is 6.16. The van der Waals surface area contributed by atoms with E-state index in [-0.39, 0.29) is 5.91 Å². The van der Waals surface area contributed by atoms with Gasteiger partial charge in [-0.25, -0.2) is 4.98 Å². The summed E-state index contributed by atoms with van der Waals surface area (Å²) in [6.07, 6.45) is 6.16. The second kappa shape index (κ2) is 4.42. The molecule has 94 valence electrons. The van der Waals surface area contributed by atoms with Crippen LogP contribution in [0.3, 0.4) is 0 Å². The Labute approximate surface area is 106 Å². The van der Waals surface area contributed by atoms with Crippen molar-refractivity contribution in [2.45, 2.75) is 12.1 Å². The van der Waals surface area contributed by atoms with E-state index in [0.717, 1.165) is 18.8 Å². The van der Waals surface area contributed by atoms with Gasteiger partial charge in [0.15, 0.2) is 0 Å². The first-order valence-corrected chi connectivity index (χ1v) is 6.16. The van der Waals surface area contributed by atoms with Gasteiger partial charge in [0.1, 0.15) is 5.69 Å². The number of carbonyl (C=O) groups is 1. The number of piperazine rings is 1. The molecule has 3 rings (SSSR count). The standard InChI is InChI=1S/C13H16N4O/c1-14-13(18)11-3-2-9(8-16-11)17-7-6-15-10-4-5-12(10)17/h2-5,8,10,12,15H,6-7H2,1H3,(H,14,18)/t10-,12+/m1/s1. The minimum atomic E-state index is -0.150. The normalized spacial score (nSPS) is 25.3. The third-order valence-corrected chi connectivity index (χ3v) is 3.52. The Balaban J connectivity index is 1.80. The quantitative estimate of drug-likeness (QED) is 0.728. The lowest BCUT2D eigenvalue weighted by molar-refractivity contribution is 0.0958. The summed E-state index contributed by atoms with van der Waals surface area (Å²) in [5, 5.41) is 6.02. The Morgan fingerprint density at radius 3 is 3.00 bits per heavy atom. The fraction of sp³-hybridized carbons (Fsp3) is 0.385. The number of rotatable bonds is 2. The average molecular weight is 244 g/mol. The largest absolute Gasteiger partial charge is 0.361 e. The second-order valence-corrected chi connectivity index (χ2v) is 4.53. The highest BCUT2D eigenvalue weighted by molar-refractivity contribution is 5.92. The van der Waals surface area contributed by atoms with Gasteiger partial charge >= 0.3 is 0 Å². The predicted octanol–water partition coefficient (Wildman–Crippen LogP) is 0.158. The molecule has 1 fully saturated rings. The summed E-state index contributed by atoms with van der Waals surface area (Å²) < 4.78 is 0. The number of hydrogen-bond acceptors (Lipinski definition) is 4. The molecule has 1 aliphatic carbocycles. The van der Waals surface area contributed by atoms with E-state index in [9.17, 15) is 4.79 Å². The van der Waals surface area contributed by atoms with Crippen molar-refractivity contribution in [3.05, 3.63) is 36.2 Å². The Kier molecular flexibility index (Phi) is 2.76. The third-order valence-electron chi connectivity index (χ3n) is 3.52. The number of hydrogen-bond donors (Lipinski definition) is 2. The molecule has 2 atom stereocenters. The second-order valence-electron chi connectivity index (χ2n) is 4.53. The van der Waals surface area contributed by atoms with Crippen LogP contribution in [-0.4, -0.2) is 43.1 Å². The predicted molar refractivity (Wildman–Crippen MR) is 69.7 cm³/mol. The monoisotopic (exact) mass is 244 g/mol. The van der Waals surface area contributed by atoms with Gasteiger partial charge in [-0.2, -0.15) is 0 Å². The van der Waals surface area contributed by atoms with E-state index in [2.05, 4.69) is 32.7 Å². The maximum absolute atomic E-state index is 11.4. The molecule has 0 unspecified atom stereocenters. The Morgan fingerprint density at radius 1 is 1.50 bits per heavy atom. The highest BCUT2D eigenvalue weighted by Crippen LogP contribution is 2.26. The molecule has 5 heteroatoms. The van der Waals surface area contributed by atoms with Crippen LogP contribution in [0, 0.1) is 0 Å². The van der Waals surface area contributed by atoms with Gasteiger partial charge in [-0.05, 0) is 12.1 Å². The highest BCUT2D eigenvalue weighted by Gasteiger charge is 2.33. The van der Waals surface area contributed by atoms with Crippen molar-refractivity contribution in [1.82, 2.24) is 15.6 Å². The Hall–Kier alpha value is -1.88. The molecule has 5 nitrogen and oxygen atoms in total. The van der Waals surface area contributed by atoms with Crippen molar-refractivity contribution in [2.24, 2.45) is 0 Å². The zero-order chi connectivity index (χ0) is 12.5. The highest BCUT2D eigenvalue weighted by atomic mass is 16.1. The lowest BCUT2D eigenvalue weighted by Gasteiger charge is -2.45. The lowest BCUT2D eigenvalue weighted by atomic mass is 9.92. The van der Waals surface area contributed by atoms with E-state index in [1.807, 2.05) is 6.07 Å².